The molecule has 0 aliphatic heterocycles. The number of carbonyl (C=O) groups excluding carboxylic acids is 2. The van der Waals surface area contributed by atoms with Crippen LogP contribution in [0.15, 0.2) is 60.9 Å². The number of pyridine rings is 1. The highest BCUT2D eigenvalue weighted by Crippen LogP contribution is 2.36. The number of amides is 1. The van der Waals surface area contributed by atoms with E-state index < -0.39 is 6.09 Å². The van der Waals surface area contributed by atoms with E-state index in [1.165, 1.54) is 13.3 Å². The summed E-state index contributed by atoms with van der Waals surface area (Å²) in [5, 5.41) is 6.68. The first kappa shape index (κ1) is 32.0. The molecular weight excluding hydrogens is 504 g/mol. The van der Waals surface area contributed by atoms with E-state index >= 15 is 0 Å². The summed E-state index contributed by atoms with van der Waals surface area (Å²) in [5.41, 5.74) is 5.12. The minimum absolute atomic E-state index is 0.166. The molecule has 0 saturated carbocycles. The maximum Gasteiger partial charge on any atom is 0.411 e. The number of aromatic amines is 1. The quantitative estimate of drug-likeness (QED) is 0.147. The van der Waals surface area contributed by atoms with Crippen LogP contribution in [0.2, 0.25) is 0 Å². The number of nitrogens with one attached hydrogen (secondary N) is 3. The van der Waals surface area contributed by atoms with Crippen LogP contribution >= 0.6 is 0 Å². The van der Waals surface area contributed by atoms with Gasteiger partial charge < -0.3 is 19.8 Å². The Morgan fingerprint density at radius 3 is 2.38 bits per heavy atom. The van der Waals surface area contributed by atoms with E-state index in [0.717, 1.165) is 45.6 Å². The average Bonchev–Trinajstić information content (AvgIpc) is 3.40. The number of nitrogens with zero attached hydrogens (tertiary/aromatic N) is 1. The average molecular weight is 547 g/mol. The largest absolute Gasteiger partial charge is 0.496 e. The number of likely N-dealkylation sites (N-methyl/N-ethyl adjacent to an activating group) is 1. The molecule has 0 fully saturated rings. The van der Waals surface area contributed by atoms with Gasteiger partial charge in [-0.15, -0.1) is 0 Å². The Morgan fingerprint density at radius 2 is 1.70 bits per heavy atom. The maximum atomic E-state index is 12.4. The highest BCUT2D eigenvalue weighted by molar-refractivity contribution is 6.04. The Kier molecular flexibility index (Phi) is 13.4. The molecule has 2 heterocycles. The summed E-state index contributed by atoms with van der Waals surface area (Å²) in [6.45, 7) is 13.3. The topological polar surface area (TPSA) is 105 Å². The van der Waals surface area contributed by atoms with Crippen LogP contribution in [0.5, 0.6) is 5.75 Å². The van der Waals surface area contributed by atoms with Gasteiger partial charge in [-0.1, -0.05) is 65.3 Å². The van der Waals surface area contributed by atoms with E-state index in [1.54, 1.807) is 25.4 Å². The lowest BCUT2D eigenvalue weighted by molar-refractivity contribution is 0.101. The second kappa shape index (κ2) is 16.7. The van der Waals surface area contributed by atoms with Gasteiger partial charge >= 0.3 is 6.09 Å². The van der Waals surface area contributed by atoms with E-state index in [2.05, 4.69) is 34.4 Å². The number of rotatable bonds is 9. The van der Waals surface area contributed by atoms with E-state index in [9.17, 15) is 9.59 Å². The van der Waals surface area contributed by atoms with Crippen LogP contribution in [0.4, 0.5) is 10.5 Å². The molecule has 8 heteroatoms. The first-order valence-electron chi connectivity index (χ1n) is 13.8. The SMILES string of the molecule is CC.CCC.CCNCCOC(=O)Nc1ccc(-c2cnc3[nH]cc(-c4ccccc4OC)c3c2)cc1C(C)=O. The second-order valence-electron chi connectivity index (χ2n) is 8.66. The fourth-order valence-corrected chi connectivity index (χ4v) is 3.91. The number of methoxy groups -OCH3 is 1. The molecule has 4 aromatic rings. The number of Topliss-reactive ketones (excluding diaryl/α,β-unsaturated/α-hetero) is 1. The number of ether oxygens (including phenoxy) is 2. The molecule has 4 rings (SSSR count). The van der Waals surface area contributed by atoms with Gasteiger partial charge in [0, 0.05) is 46.6 Å². The highest BCUT2D eigenvalue weighted by Gasteiger charge is 2.15. The molecule has 40 heavy (non-hydrogen) atoms. The van der Waals surface area contributed by atoms with E-state index in [0.29, 0.717) is 17.8 Å². The summed E-state index contributed by atoms with van der Waals surface area (Å²) < 4.78 is 10.7. The molecule has 2 aromatic carbocycles. The number of ketones is 1. The van der Waals surface area contributed by atoms with Crippen molar-refractivity contribution < 1.29 is 19.1 Å². The summed E-state index contributed by atoms with van der Waals surface area (Å²) in [6.07, 6.45) is 4.32. The number of aromatic nitrogens is 2. The molecule has 0 atom stereocenters. The summed E-state index contributed by atoms with van der Waals surface area (Å²) in [6, 6.07) is 15.2. The number of hydrogen-bond donors (Lipinski definition) is 3. The first-order valence-corrected chi connectivity index (χ1v) is 13.8. The smallest absolute Gasteiger partial charge is 0.411 e. The lowest BCUT2D eigenvalue weighted by Crippen LogP contribution is -2.23. The minimum atomic E-state index is -0.602. The molecule has 0 radical (unpaired) electrons. The zero-order valence-corrected chi connectivity index (χ0v) is 24.7. The van der Waals surface area contributed by atoms with Crippen LogP contribution in [0.3, 0.4) is 0 Å². The van der Waals surface area contributed by atoms with E-state index in [1.807, 2.05) is 63.4 Å². The first-order chi connectivity index (χ1) is 19.4. The predicted molar refractivity (Wildman–Crippen MR) is 164 cm³/mol. The van der Waals surface area contributed by atoms with Crippen molar-refractivity contribution in [2.45, 2.75) is 48.0 Å². The van der Waals surface area contributed by atoms with Crippen molar-refractivity contribution >= 4 is 28.6 Å². The van der Waals surface area contributed by atoms with Crippen LogP contribution < -0.4 is 15.4 Å². The van der Waals surface area contributed by atoms with E-state index in [-0.39, 0.29) is 12.4 Å². The number of anilines is 1. The number of para-hydroxylation sites is 1. The molecule has 0 aliphatic rings. The van der Waals surface area contributed by atoms with Gasteiger partial charge in [-0.25, -0.2) is 9.78 Å². The third-order valence-corrected chi connectivity index (χ3v) is 5.66. The summed E-state index contributed by atoms with van der Waals surface area (Å²) in [7, 11) is 1.65. The molecule has 0 aliphatic carbocycles. The summed E-state index contributed by atoms with van der Waals surface area (Å²) in [5.74, 6) is 0.602. The van der Waals surface area contributed by atoms with Crippen LogP contribution in [0, 0.1) is 0 Å². The number of H-pyrrole nitrogens is 1. The van der Waals surface area contributed by atoms with Crippen LogP contribution in [0.1, 0.15) is 58.3 Å². The maximum absolute atomic E-state index is 12.4. The molecule has 0 unspecified atom stereocenters. The van der Waals surface area contributed by atoms with Gasteiger partial charge in [0.2, 0.25) is 0 Å². The van der Waals surface area contributed by atoms with Crippen molar-refractivity contribution in [3.05, 3.63) is 66.5 Å². The Bertz CT molecular complexity index is 1380. The fraction of sp³-hybridized carbons (Fsp3) is 0.344. The molecule has 3 N–H and O–H groups in total. The molecule has 0 spiro atoms. The third-order valence-electron chi connectivity index (χ3n) is 5.66. The normalized spacial score (nSPS) is 10.1. The lowest BCUT2D eigenvalue weighted by atomic mass is 9.99. The Morgan fingerprint density at radius 1 is 0.975 bits per heavy atom. The van der Waals surface area contributed by atoms with Gasteiger partial charge in [0.15, 0.2) is 5.78 Å². The number of fused-ring (bicyclic) bond motifs is 1. The van der Waals surface area contributed by atoms with Gasteiger partial charge in [0.1, 0.15) is 18.0 Å². The summed E-state index contributed by atoms with van der Waals surface area (Å²) in [4.78, 5) is 32.3. The van der Waals surface area contributed by atoms with Crippen molar-refractivity contribution in [2.75, 3.05) is 32.1 Å². The van der Waals surface area contributed by atoms with Crippen molar-refractivity contribution in [3.63, 3.8) is 0 Å². The zero-order valence-electron chi connectivity index (χ0n) is 24.7. The van der Waals surface area contributed by atoms with Crippen LogP contribution in [-0.4, -0.2) is 48.7 Å². The Labute approximate surface area is 237 Å². The molecule has 0 bridgehead atoms. The van der Waals surface area contributed by atoms with Gasteiger partial charge in [-0.3, -0.25) is 10.1 Å². The summed E-state index contributed by atoms with van der Waals surface area (Å²) >= 11 is 0. The number of hydrogen-bond acceptors (Lipinski definition) is 6. The Balaban J connectivity index is 0.00000105. The van der Waals surface area contributed by atoms with E-state index in [4.69, 9.17) is 9.47 Å². The van der Waals surface area contributed by atoms with Crippen LogP contribution in [-0.2, 0) is 4.74 Å². The molecule has 2 aromatic heterocycles. The molecule has 0 saturated heterocycles. The van der Waals surface area contributed by atoms with Gasteiger partial charge in [0.25, 0.3) is 0 Å². The van der Waals surface area contributed by atoms with Crippen molar-refractivity contribution in [1.29, 1.82) is 0 Å². The predicted octanol–water partition coefficient (Wildman–Crippen LogP) is 7.71. The molecule has 214 valence electrons. The Hall–Kier alpha value is -4.17. The lowest BCUT2D eigenvalue weighted by Gasteiger charge is -2.12. The van der Waals surface area contributed by atoms with Crippen molar-refractivity contribution in [2.24, 2.45) is 0 Å². The number of carbonyl (C=O) groups is 2. The van der Waals surface area contributed by atoms with Crippen molar-refractivity contribution in [1.82, 2.24) is 15.3 Å². The molecule has 1 amide bonds. The number of benzene rings is 2. The highest BCUT2D eigenvalue weighted by atomic mass is 16.5. The second-order valence-corrected chi connectivity index (χ2v) is 8.66. The minimum Gasteiger partial charge on any atom is -0.496 e. The monoisotopic (exact) mass is 546 g/mol. The van der Waals surface area contributed by atoms with Gasteiger partial charge in [0.05, 0.1) is 12.8 Å². The van der Waals surface area contributed by atoms with Crippen LogP contribution in [0.25, 0.3) is 33.3 Å². The molecule has 8 nitrogen and oxygen atoms in total. The van der Waals surface area contributed by atoms with Gasteiger partial charge in [-0.05, 0) is 43.3 Å². The molecular formula is C32H42N4O4. The van der Waals surface area contributed by atoms with Crippen molar-refractivity contribution in [3.8, 4) is 28.0 Å². The van der Waals surface area contributed by atoms with Gasteiger partial charge in [-0.2, -0.15) is 0 Å². The standard InChI is InChI=1S/C27H28N4O4.C3H8.C2H6/c1-4-28-11-12-35-27(33)31-24-10-9-18(13-21(24)17(2)32)19-14-22-23(16-30-26(22)29-15-19)20-7-5-6-8-25(20)34-3;1-3-2;1-2/h5-10,13-16,28H,4,11-12H2,1-3H3,(H,29,30)(H,31,33);3H2,1-2H3;1-2H3. The fourth-order valence-electron chi connectivity index (χ4n) is 3.91. The zero-order chi connectivity index (χ0) is 29.5. The third kappa shape index (κ3) is 8.41.